The van der Waals surface area contributed by atoms with Gasteiger partial charge in [-0.15, -0.1) is 0 Å². The maximum atomic E-state index is 12.6. The van der Waals surface area contributed by atoms with Gasteiger partial charge in [-0.2, -0.15) is 0 Å². The molecule has 0 saturated carbocycles. The second-order valence-corrected chi connectivity index (χ2v) is 5.02. The van der Waals surface area contributed by atoms with Gasteiger partial charge in [0.2, 0.25) is 5.91 Å². The fourth-order valence-electron chi connectivity index (χ4n) is 2.46. The van der Waals surface area contributed by atoms with Gasteiger partial charge in [-0.1, -0.05) is 24.0 Å². The van der Waals surface area contributed by atoms with Gasteiger partial charge < -0.3 is 16.4 Å². The van der Waals surface area contributed by atoms with Gasteiger partial charge in [0.05, 0.1) is 12.1 Å². The zero-order chi connectivity index (χ0) is 15.2. The van der Waals surface area contributed by atoms with E-state index >= 15 is 0 Å². The van der Waals surface area contributed by atoms with E-state index in [0.29, 0.717) is 37.1 Å². The Bertz CT molecular complexity index is 593. The van der Waals surface area contributed by atoms with Crippen LogP contribution in [0.3, 0.4) is 0 Å². The molecule has 0 aromatic heterocycles. The molecule has 0 aliphatic carbocycles. The van der Waals surface area contributed by atoms with E-state index in [1.54, 1.807) is 11.0 Å². The number of piperidine rings is 1. The number of hydrogen-bond donors (Lipinski definition) is 2. The van der Waals surface area contributed by atoms with E-state index in [4.69, 9.17) is 11.5 Å². The minimum absolute atomic E-state index is 0.0557. The van der Waals surface area contributed by atoms with Crippen LogP contribution in [0.1, 0.15) is 28.8 Å². The van der Waals surface area contributed by atoms with E-state index < -0.39 is 0 Å². The molecule has 1 fully saturated rings. The standard InChI is InChI=1S/C16H19N3O2/c17-9-3-5-12-4-1-2-6-14(12)16(21)19-10-7-13(8-11-19)15(18)20/h1-2,4,6,13H,7-11,17H2,(H2,18,20). The van der Waals surface area contributed by atoms with Crippen molar-refractivity contribution in [1.29, 1.82) is 0 Å². The molecule has 0 radical (unpaired) electrons. The number of carbonyl (C=O) groups excluding carboxylic acids is 2. The summed E-state index contributed by atoms with van der Waals surface area (Å²) in [6.45, 7) is 1.35. The van der Waals surface area contributed by atoms with Crippen LogP contribution in [-0.2, 0) is 4.79 Å². The normalized spacial score (nSPS) is 15.2. The highest BCUT2D eigenvalue weighted by atomic mass is 16.2. The lowest BCUT2D eigenvalue weighted by atomic mass is 9.95. The lowest BCUT2D eigenvalue weighted by Crippen LogP contribution is -2.41. The fraction of sp³-hybridized carbons (Fsp3) is 0.375. The average Bonchev–Trinajstić information content (AvgIpc) is 2.52. The van der Waals surface area contributed by atoms with Crippen LogP contribution in [0.2, 0.25) is 0 Å². The molecule has 0 spiro atoms. The summed E-state index contributed by atoms with van der Waals surface area (Å²) in [4.78, 5) is 25.5. The zero-order valence-electron chi connectivity index (χ0n) is 11.8. The maximum Gasteiger partial charge on any atom is 0.255 e. The van der Waals surface area contributed by atoms with E-state index in [0.717, 1.165) is 0 Å². The molecule has 2 amide bonds. The Balaban J connectivity index is 2.13. The van der Waals surface area contributed by atoms with E-state index in [-0.39, 0.29) is 24.3 Å². The first-order chi connectivity index (χ1) is 10.1. The molecule has 5 heteroatoms. The summed E-state index contributed by atoms with van der Waals surface area (Å²) in [7, 11) is 0. The van der Waals surface area contributed by atoms with Crippen LogP contribution in [0.5, 0.6) is 0 Å². The molecule has 0 atom stereocenters. The van der Waals surface area contributed by atoms with Crippen molar-refractivity contribution in [2.75, 3.05) is 19.6 Å². The third kappa shape index (κ3) is 3.61. The molecule has 1 aliphatic heterocycles. The Morgan fingerprint density at radius 1 is 1.24 bits per heavy atom. The van der Waals surface area contributed by atoms with E-state index in [1.807, 2.05) is 18.2 Å². The Morgan fingerprint density at radius 3 is 2.52 bits per heavy atom. The molecule has 1 heterocycles. The van der Waals surface area contributed by atoms with Gasteiger partial charge in [0.1, 0.15) is 0 Å². The molecular weight excluding hydrogens is 266 g/mol. The van der Waals surface area contributed by atoms with Gasteiger partial charge >= 0.3 is 0 Å². The van der Waals surface area contributed by atoms with Crippen LogP contribution in [0, 0.1) is 17.8 Å². The number of primary amides is 1. The Kier molecular flexibility index (Phi) is 4.96. The van der Waals surface area contributed by atoms with Crippen molar-refractivity contribution in [3.63, 3.8) is 0 Å². The highest BCUT2D eigenvalue weighted by Crippen LogP contribution is 2.19. The summed E-state index contributed by atoms with van der Waals surface area (Å²) in [6, 6.07) is 7.24. The second-order valence-electron chi connectivity index (χ2n) is 5.02. The smallest absolute Gasteiger partial charge is 0.255 e. The summed E-state index contributed by atoms with van der Waals surface area (Å²) in [5.41, 5.74) is 11.9. The summed E-state index contributed by atoms with van der Waals surface area (Å²) in [5, 5.41) is 0. The molecule has 1 aromatic rings. The predicted octanol–water partition coefficient (Wildman–Crippen LogP) is 0.334. The highest BCUT2D eigenvalue weighted by Gasteiger charge is 2.27. The molecule has 2 rings (SSSR count). The predicted molar refractivity (Wildman–Crippen MR) is 80.2 cm³/mol. The van der Waals surface area contributed by atoms with Crippen LogP contribution >= 0.6 is 0 Å². The first-order valence-corrected chi connectivity index (χ1v) is 7.00. The molecule has 0 bridgehead atoms. The number of benzene rings is 1. The largest absolute Gasteiger partial charge is 0.369 e. The molecule has 21 heavy (non-hydrogen) atoms. The summed E-state index contributed by atoms with van der Waals surface area (Å²) in [6.07, 6.45) is 1.25. The lowest BCUT2D eigenvalue weighted by molar-refractivity contribution is -0.123. The number of carbonyl (C=O) groups is 2. The van der Waals surface area contributed by atoms with Gasteiger partial charge in [0, 0.05) is 24.6 Å². The van der Waals surface area contributed by atoms with Crippen LogP contribution in [0.15, 0.2) is 24.3 Å². The molecule has 0 unspecified atom stereocenters. The molecule has 5 nitrogen and oxygen atoms in total. The molecular formula is C16H19N3O2. The fourth-order valence-corrected chi connectivity index (χ4v) is 2.46. The molecule has 4 N–H and O–H groups in total. The molecule has 110 valence electrons. The topological polar surface area (TPSA) is 89.4 Å². The van der Waals surface area contributed by atoms with Crippen LogP contribution in [-0.4, -0.2) is 36.3 Å². The minimum Gasteiger partial charge on any atom is -0.369 e. The number of nitrogens with zero attached hydrogens (tertiary/aromatic N) is 1. The summed E-state index contributed by atoms with van der Waals surface area (Å²) in [5.74, 6) is 5.23. The van der Waals surface area contributed by atoms with Gasteiger partial charge in [-0.3, -0.25) is 9.59 Å². The first-order valence-electron chi connectivity index (χ1n) is 7.00. The second kappa shape index (κ2) is 6.91. The van der Waals surface area contributed by atoms with Crippen molar-refractivity contribution in [2.45, 2.75) is 12.8 Å². The van der Waals surface area contributed by atoms with Crippen LogP contribution in [0.4, 0.5) is 0 Å². The Hall–Kier alpha value is -2.32. The van der Waals surface area contributed by atoms with Crippen LogP contribution in [0.25, 0.3) is 0 Å². The Morgan fingerprint density at radius 2 is 1.90 bits per heavy atom. The quantitative estimate of drug-likeness (QED) is 0.768. The number of likely N-dealkylation sites (tertiary alicyclic amines) is 1. The first kappa shape index (κ1) is 15.1. The lowest BCUT2D eigenvalue weighted by Gasteiger charge is -2.30. The molecule has 1 saturated heterocycles. The van der Waals surface area contributed by atoms with Crippen molar-refractivity contribution in [3.05, 3.63) is 35.4 Å². The summed E-state index contributed by atoms with van der Waals surface area (Å²) < 4.78 is 0. The van der Waals surface area contributed by atoms with Crippen LogP contribution < -0.4 is 11.5 Å². The number of amides is 2. The number of rotatable bonds is 2. The minimum atomic E-state index is -0.281. The van der Waals surface area contributed by atoms with Gasteiger partial charge in [0.15, 0.2) is 0 Å². The van der Waals surface area contributed by atoms with E-state index in [1.165, 1.54) is 0 Å². The average molecular weight is 285 g/mol. The molecule has 1 aromatic carbocycles. The number of hydrogen-bond acceptors (Lipinski definition) is 3. The van der Waals surface area contributed by atoms with Gasteiger partial charge in [0.25, 0.3) is 5.91 Å². The highest BCUT2D eigenvalue weighted by molar-refractivity contribution is 5.97. The van der Waals surface area contributed by atoms with Crippen molar-refractivity contribution in [1.82, 2.24) is 4.90 Å². The van der Waals surface area contributed by atoms with Crippen molar-refractivity contribution in [2.24, 2.45) is 17.4 Å². The van der Waals surface area contributed by atoms with E-state index in [2.05, 4.69) is 11.8 Å². The summed E-state index contributed by atoms with van der Waals surface area (Å²) >= 11 is 0. The monoisotopic (exact) mass is 285 g/mol. The van der Waals surface area contributed by atoms with Gasteiger partial charge in [-0.25, -0.2) is 0 Å². The van der Waals surface area contributed by atoms with Crippen molar-refractivity contribution in [3.8, 4) is 11.8 Å². The van der Waals surface area contributed by atoms with Crippen molar-refractivity contribution >= 4 is 11.8 Å². The number of nitrogens with two attached hydrogens (primary N) is 2. The van der Waals surface area contributed by atoms with Crippen molar-refractivity contribution < 1.29 is 9.59 Å². The SMILES string of the molecule is NCC#Cc1ccccc1C(=O)N1CCC(C(N)=O)CC1. The maximum absolute atomic E-state index is 12.6. The van der Waals surface area contributed by atoms with E-state index in [9.17, 15) is 9.59 Å². The Labute approximate surface area is 124 Å². The molecule has 1 aliphatic rings. The third-order valence-electron chi connectivity index (χ3n) is 3.67. The van der Waals surface area contributed by atoms with Gasteiger partial charge in [-0.05, 0) is 25.0 Å². The third-order valence-corrected chi connectivity index (χ3v) is 3.67. The zero-order valence-corrected chi connectivity index (χ0v) is 11.8.